The molecule has 1 amide bonds. The number of carbonyl (C=O) groups excluding carboxylic acids is 2. The fraction of sp³-hybridized carbons (Fsp3) is 0.217. The smallest absolute Gasteiger partial charge is 0.341 e. The zero-order chi connectivity index (χ0) is 23.6. The van der Waals surface area contributed by atoms with Gasteiger partial charge in [0.1, 0.15) is 10.8 Å². The molecular weight excluding hydrogens is 464 g/mol. The zero-order valence-corrected chi connectivity index (χ0v) is 19.6. The summed E-state index contributed by atoms with van der Waals surface area (Å²) >= 11 is 1.35. The van der Waals surface area contributed by atoms with Crippen molar-refractivity contribution in [3.63, 3.8) is 0 Å². The van der Waals surface area contributed by atoms with Crippen molar-refractivity contribution in [3.05, 3.63) is 70.1 Å². The van der Waals surface area contributed by atoms with Crippen LogP contribution in [0.2, 0.25) is 0 Å². The van der Waals surface area contributed by atoms with E-state index in [1.165, 1.54) is 62.0 Å². The average molecular weight is 487 g/mol. The van der Waals surface area contributed by atoms with Gasteiger partial charge in [-0.25, -0.2) is 13.2 Å². The molecule has 1 aromatic heterocycles. The van der Waals surface area contributed by atoms with E-state index in [4.69, 9.17) is 9.47 Å². The van der Waals surface area contributed by atoms with E-state index in [0.29, 0.717) is 16.3 Å². The molecule has 0 fully saturated rings. The lowest BCUT2D eigenvalue weighted by Crippen LogP contribution is -2.19. The summed E-state index contributed by atoms with van der Waals surface area (Å²) in [5.41, 5.74) is 1.53. The molecule has 0 unspecified atom stereocenters. The maximum atomic E-state index is 13.1. The van der Waals surface area contributed by atoms with E-state index in [2.05, 4.69) is 10.0 Å². The molecule has 10 heteroatoms. The van der Waals surface area contributed by atoms with Gasteiger partial charge < -0.3 is 14.8 Å². The number of sulfonamides is 1. The highest BCUT2D eigenvalue weighted by molar-refractivity contribution is 7.92. The molecule has 1 heterocycles. The third kappa shape index (κ3) is 4.57. The van der Waals surface area contributed by atoms with E-state index in [1.807, 2.05) is 0 Å². The van der Waals surface area contributed by atoms with Crippen molar-refractivity contribution >= 4 is 43.9 Å². The molecule has 0 bridgehead atoms. The van der Waals surface area contributed by atoms with E-state index in [0.717, 1.165) is 29.7 Å². The van der Waals surface area contributed by atoms with Gasteiger partial charge in [-0.05, 0) is 61.2 Å². The third-order valence-electron chi connectivity index (χ3n) is 5.32. The van der Waals surface area contributed by atoms with Crippen molar-refractivity contribution < 1.29 is 27.5 Å². The quantitative estimate of drug-likeness (QED) is 0.487. The number of amides is 1. The van der Waals surface area contributed by atoms with Gasteiger partial charge in [0.15, 0.2) is 0 Å². The topological polar surface area (TPSA) is 111 Å². The molecule has 8 nitrogen and oxygen atoms in total. The Morgan fingerprint density at radius 1 is 1.00 bits per heavy atom. The number of aryl methyl sites for hydroxylation is 1. The Bertz CT molecular complexity index is 1310. The van der Waals surface area contributed by atoms with E-state index in [1.54, 1.807) is 12.1 Å². The maximum Gasteiger partial charge on any atom is 0.341 e. The van der Waals surface area contributed by atoms with Crippen LogP contribution in [0.1, 0.15) is 37.6 Å². The second-order valence-corrected chi connectivity index (χ2v) is 10.1. The van der Waals surface area contributed by atoms with Crippen molar-refractivity contribution in [3.8, 4) is 5.75 Å². The summed E-state index contributed by atoms with van der Waals surface area (Å²) < 4.78 is 38.2. The lowest BCUT2D eigenvalue weighted by molar-refractivity contribution is 0.0601. The standard InChI is InChI=1S/C23H22N2O6S2/c1-30-14-10-12-15(13-11-14)33(28,29)25-18-8-4-3-6-16(18)21(26)24-22-20(23(27)31-2)17-7-5-9-19(17)32-22/h3-4,6,8,10-13,25H,5,7,9H2,1-2H3,(H,24,26). The lowest BCUT2D eigenvalue weighted by Gasteiger charge is -2.13. The minimum atomic E-state index is -3.95. The number of hydrogen-bond donors (Lipinski definition) is 2. The summed E-state index contributed by atoms with van der Waals surface area (Å²) in [5, 5.41) is 3.19. The van der Waals surface area contributed by atoms with Crippen LogP contribution in [0.15, 0.2) is 53.4 Å². The Morgan fingerprint density at radius 2 is 1.73 bits per heavy atom. The lowest BCUT2D eigenvalue weighted by atomic mass is 10.1. The maximum absolute atomic E-state index is 13.1. The van der Waals surface area contributed by atoms with Crippen LogP contribution in [-0.4, -0.2) is 34.5 Å². The Hall–Kier alpha value is -3.37. The number of methoxy groups -OCH3 is 2. The third-order valence-corrected chi connectivity index (χ3v) is 7.91. The predicted octanol–water partition coefficient (Wildman–Crippen LogP) is 4.09. The number of para-hydroxylation sites is 1. The van der Waals surface area contributed by atoms with Crippen molar-refractivity contribution in [1.82, 2.24) is 0 Å². The molecule has 1 aliphatic rings. The number of fused-ring (bicyclic) bond motifs is 1. The fourth-order valence-electron chi connectivity index (χ4n) is 3.71. The summed E-state index contributed by atoms with van der Waals surface area (Å²) in [5.74, 6) is -0.510. The number of nitrogens with one attached hydrogen (secondary N) is 2. The fourth-order valence-corrected chi connectivity index (χ4v) is 6.06. The SMILES string of the molecule is COC(=O)c1c(NC(=O)c2ccccc2NS(=O)(=O)c2ccc(OC)cc2)sc2c1CCC2. The van der Waals surface area contributed by atoms with Crippen LogP contribution >= 0.6 is 11.3 Å². The molecule has 0 saturated carbocycles. The normalized spacial score (nSPS) is 12.7. The van der Waals surface area contributed by atoms with Crippen LogP contribution in [0.4, 0.5) is 10.7 Å². The second-order valence-electron chi connectivity index (χ2n) is 7.33. The minimum Gasteiger partial charge on any atom is -0.497 e. The summed E-state index contributed by atoms with van der Waals surface area (Å²) in [6, 6.07) is 12.2. The van der Waals surface area contributed by atoms with Crippen LogP contribution in [0.5, 0.6) is 5.75 Å². The van der Waals surface area contributed by atoms with Gasteiger partial charge in [0.05, 0.1) is 35.9 Å². The number of rotatable bonds is 7. The Balaban J connectivity index is 1.62. The Labute approximate surface area is 195 Å². The first-order chi connectivity index (χ1) is 15.8. The van der Waals surface area contributed by atoms with E-state index in [9.17, 15) is 18.0 Å². The van der Waals surface area contributed by atoms with Crippen LogP contribution in [-0.2, 0) is 27.6 Å². The van der Waals surface area contributed by atoms with Crippen molar-refractivity contribution in [2.24, 2.45) is 0 Å². The highest BCUT2D eigenvalue weighted by Gasteiger charge is 2.29. The van der Waals surface area contributed by atoms with Crippen molar-refractivity contribution in [1.29, 1.82) is 0 Å². The first kappa shape index (κ1) is 22.8. The summed E-state index contributed by atoms with van der Waals surface area (Å²) in [4.78, 5) is 26.6. The molecule has 2 N–H and O–H groups in total. The van der Waals surface area contributed by atoms with Gasteiger partial charge in [-0.2, -0.15) is 0 Å². The highest BCUT2D eigenvalue weighted by Crippen LogP contribution is 2.39. The number of ether oxygens (including phenoxy) is 2. The van der Waals surface area contributed by atoms with E-state index < -0.39 is 21.9 Å². The Morgan fingerprint density at radius 3 is 2.42 bits per heavy atom. The second kappa shape index (κ2) is 9.24. The number of hydrogen-bond acceptors (Lipinski definition) is 7. The molecule has 3 aromatic rings. The molecule has 33 heavy (non-hydrogen) atoms. The minimum absolute atomic E-state index is 0.0289. The van der Waals surface area contributed by atoms with Gasteiger partial charge in [-0.3, -0.25) is 9.52 Å². The molecule has 1 aliphatic carbocycles. The van der Waals surface area contributed by atoms with Crippen LogP contribution in [0.3, 0.4) is 0 Å². The highest BCUT2D eigenvalue weighted by atomic mass is 32.2. The number of esters is 1. The van der Waals surface area contributed by atoms with Crippen LogP contribution in [0, 0.1) is 0 Å². The number of thiophene rings is 1. The summed E-state index contributed by atoms with van der Waals surface area (Å²) in [6.07, 6.45) is 2.55. The summed E-state index contributed by atoms with van der Waals surface area (Å²) in [7, 11) is -1.15. The van der Waals surface area contributed by atoms with E-state index >= 15 is 0 Å². The van der Waals surface area contributed by atoms with Gasteiger partial charge in [-0.1, -0.05) is 12.1 Å². The molecule has 0 saturated heterocycles. The zero-order valence-electron chi connectivity index (χ0n) is 18.0. The average Bonchev–Trinajstić information content (AvgIpc) is 3.39. The molecule has 0 spiro atoms. The molecule has 0 aliphatic heterocycles. The van der Waals surface area contributed by atoms with Gasteiger partial charge >= 0.3 is 5.97 Å². The van der Waals surface area contributed by atoms with E-state index in [-0.39, 0.29) is 16.1 Å². The van der Waals surface area contributed by atoms with Crippen LogP contribution in [0.25, 0.3) is 0 Å². The first-order valence-corrected chi connectivity index (χ1v) is 12.4. The first-order valence-electron chi connectivity index (χ1n) is 10.1. The number of anilines is 2. The molecule has 0 atom stereocenters. The predicted molar refractivity (Wildman–Crippen MR) is 126 cm³/mol. The monoisotopic (exact) mass is 486 g/mol. The van der Waals surface area contributed by atoms with Crippen molar-refractivity contribution in [2.75, 3.05) is 24.3 Å². The van der Waals surface area contributed by atoms with Gasteiger partial charge in [0.2, 0.25) is 0 Å². The Kier molecular flexibility index (Phi) is 6.39. The molecule has 0 radical (unpaired) electrons. The largest absolute Gasteiger partial charge is 0.497 e. The van der Waals surface area contributed by atoms with Crippen LogP contribution < -0.4 is 14.8 Å². The molecule has 172 valence electrons. The van der Waals surface area contributed by atoms with Gasteiger partial charge in [0, 0.05) is 4.88 Å². The van der Waals surface area contributed by atoms with Gasteiger partial charge in [-0.15, -0.1) is 11.3 Å². The number of benzene rings is 2. The molecule has 4 rings (SSSR count). The number of carbonyl (C=O) groups is 2. The van der Waals surface area contributed by atoms with Crippen molar-refractivity contribution in [2.45, 2.75) is 24.2 Å². The van der Waals surface area contributed by atoms with Gasteiger partial charge in [0.25, 0.3) is 15.9 Å². The molecular formula is C23H22N2O6S2. The summed E-state index contributed by atoms with van der Waals surface area (Å²) in [6.45, 7) is 0. The molecule has 2 aromatic carbocycles.